The largest absolute Gasteiger partial charge is 0.213 e. The first-order valence-electron chi connectivity index (χ1n) is 8.58. The molecule has 0 fully saturated rings. The van der Waals surface area contributed by atoms with Crippen molar-refractivity contribution >= 4 is 31.5 Å². The highest BCUT2D eigenvalue weighted by Crippen LogP contribution is 2.39. The summed E-state index contributed by atoms with van der Waals surface area (Å²) in [7, 11) is 0. The van der Waals surface area contributed by atoms with Gasteiger partial charge in [0, 0.05) is 31.3 Å². The van der Waals surface area contributed by atoms with E-state index in [9.17, 15) is 4.39 Å². The van der Waals surface area contributed by atoms with Crippen molar-refractivity contribution in [2.75, 3.05) is 0 Å². The second kappa shape index (κ2) is 6.21. The predicted octanol–water partition coefficient (Wildman–Crippen LogP) is 6.02. The lowest BCUT2D eigenvalue weighted by atomic mass is 10.1. The molecule has 0 radical (unpaired) electrons. The van der Waals surface area contributed by atoms with Crippen molar-refractivity contribution < 1.29 is 4.39 Å². The summed E-state index contributed by atoms with van der Waals surface area (Å²) in [5.74, 6) is 1.54. The average molecular weight is 371 g/mol. The normalized spacial score (nSPS) is 11.3. The van der Waals surface area contributed by atoms with Crippen LogP contribution in [0.15, 0.2) is 66.7 Å². The first-order valence-corrected chi connectivity index (χ1v) is 9.40. The van der Waals surface area contributed by atoms with Crippen molar-refractivity contribution in [3.63, 3.8) is 0 Å². The van der Waals surface area contributed by atoms with E-state index in [1.165, 1.54) is 26.9 Å². The molecule has 0 aliphatic carbocycles. The molecular formula is C22H14FN3S. The molecular weight excluding hydrogens is 357 g/mol. The Labute approximate surface area is 159 Å². The average Bonchev–Trinajstić information content (AvgIpc) is 3.07. The molecule has 2 aromatic heterocycles. The first kappa shape index (κ1) is 16.0. The van der Waals surface area contributed by atoms with Gasteiger partial charge in [-0.2, -0.15) is 0 Å². The standard InChI is InChI=1S/C22H14FN3S/c1-13-24-21(14-9-11-15(23)12-10-14)26-22(25-13)17-6-4-8-19-20(17)16-5-2-3-7-18(16)27-19/h2-12H,1H3. The van der Waals surface area contributed by atoms with E-state index in [4.69, 9.17) is 4.98 Å². The molecule has 130 valence electrons. The van der Waals surface area contributed by atoms with Gasteiger partial charge in [-0.05, 0) is 43.3 Å². The van der Waals surface area contributed by atoms with Gasteiger partial charge in [-0.25, -0.2) is 19.3 Å². The molecule has 0 N–H and O–H groups in total. The topological polar surface area (TPSA) is 38.7 Å². The lowest BCUT2D eigenvalue weighted by Gasteiger charge is -2.07. The molecule has 0 aliphatic rings. The van der Waals surface area contributed by atoms with Crippen LogP contribution in [0.3, 0.4) is 0 Å². The fraction of sp³-hybridized carbons (Fsp3) is 0.0455. The lowest BCUT2D eigenvalue weighted by Crippen LogP contribution is -1.99. The summed E-state index contributed by atoms with van der Waals surface area (Å²) < 4.78 is 15.7. The van der Waals surface area contributed by atoms with E-state index in [2.05, 4.69) is 34.2 Å². The maximum atomic E-state index is 13.3. The Kier molecular flexibility index (Phi) is 3.69. The SMILES string of the molecule is Cc1nc(-c2ccc(F)cc2)nc(-c2cccc3sc4ccccc4c23)n1. The number of aryl methyl sites for hydroxylation is 1. The Bertz CT molecular complexity index is 1290. The minimum absolute atomic E-state index is 0.278. The van der Waals surface area contributed by atoms with Gasteiger partial charge in [0.15, 0.2) is 11.6 Å². The molecule has 0 aliphatic heterocycles. The zero-order valence-electron chi connectivity index (χ0n) is 14.5. The van der Waals surface area contributed by atoms with Crippen molar-refractivity contribution in [3.8, 4) is 22.8 Å². The molecule has 0 bridgehead atoms. The molecule has 0 unspecified atom stereocenters. The predicted molar refractivity (Wildman–Crippen MR) is 108 cm³/mol. The van der Waals surface area contributed by atoms with Gasteiger partial charge in [0.2, 0.25) is 0 Å². The van der Waals surface area contributed by atoms with Crippen molar-refractivity contribution in [2.45, 2.75) is 6.92 Å². The molecule has 3 nitrogen and oxygen atoms in total. The summed E-state index contributed by atoms with van der Waals surface area (Å²) >= 11 is 1.76. The zero-order chi connectivity index (χ0) is 18.4. The summed E-state index contributed by atoms with van der Waals surface area (Å²) in [4.78, 5) is 13.7. The van der Waals surface area contributed by atoms with E-state index in [1.54, 1.807) is 23.5 Å². The van der Waals surface area contributed by atoms with Crippen LogP contribution in [-0.2, 0) is 0 Å². The summed E-state index contributed by atoms with van der Waals surface area (Å²) in [5.41, 5.74) is 1.75. The number of hydrogen-bond acceptors (Lipinski definition) is 4. The smallest absolute Gasteiger partial charge is 0.164 e. The second-order valence-corrected chi connectivity index (χ2v) is 7.40. The van der Waals surface area contributed by atoms with Crippen LogP contribution in [0.1, 0.15) is 5.82 Å². The van der Waals surface area contributed by atoms with E-state index < -0.39 is 0 Å². The van der Waals surface area contributed by atoms with Gasteiger partial charge in [-0.3, -0.25) is 0 Å². The molecule has 3 aromatic carbocycles. The van der Waals surface area contributed by atoms with Gasteiger partial charge >= 0.3 is 0 Å². The van der Waals surface area contributed by atoms with Crippen molar-refractivity contribution in [1.82, 2.24) is 15.0 Å². The summed E-state index contributed by atoms with van der Waals surface area (Å²) in [5, 5.41) is 2.36. The molecule has 5 heteroatoms. The minimum atomic E-state index is -0.278. The van der Waals surface area contributed by atoms with E-state index in [-0.39, 0.29) is 5.82 Å². The molecule has 27 heavy (non-hydrogen) atoms. The Hall–Kier alpha value is -3.18. The highest BCUT2D eigenvalue weighted by atomic mass is 32.1. The van der Waals surface area contributed by atoms with Crippen LogP contribution in [0.25, 0.3) is 42.9 Å². The van der Waals surface area contributed by atoms with Crippen LogP contribution in [0.5, 0.6) is 0 Å². The fourth-order valence-electron chi connectivity index (χ4n) is 3.29. The zero-order valence-corrected chi connectivity index (χ0v) is 15.3. The van der Waals surface area contributed by atoms with Crippen molar-refractivity contribution in [2.24, 2.45) is 0 Å². The highest BCUT2D eigenvalue weighted by molar-refractivity contribution is 7.25. The van der Waals surface area contributed by atoms with E-state index in [1.807, 2.05) is 25.1 Å². The number of thiophene rings is 1. The highest BCUT2D eigenvalue weighted by Gasteiger charge is 2.14. The molecule has 0 atom stereocenters. The Morgan fingerprint density at radius 2 is 1.48 bits per heavy atom. The number of fused-ring (bicyclic) bond motifs is 3. The van der Waals surface area contributed by atoms with Crippen molar-refractivity contribution in [1.29, 1.82) is 0 Å². The monoisotopic (exact) mass is 371 g/mol. The third-order valence-corrected chi connectivity index (χ3v) is 5.63. The third kappa shape index (κ3) is 2.76. The van der Waals surface area contributed by atoms with E-state index in [0.717, 1.165) is 16.5 Å². The fourth-order valence-corrected chi connectivity index (χ4v) is 4.42. The van der Waals surface area contributed by atoms with Crippen LogP contribution in [0, 0.1) is 12.7 Å². The van der Waals surface area contributed by atoms with Crippen molar-refractivity contribution in [3.05, 3.63) is 78.4 Å². The third-order valence-electron chi connectivity index (χ3n) is 4.49. The van der Waals surface area contributed by atoms with Gasteiger partial charge < -0.3 is 0 Å². The van der Waals surface area contributed by atoms with Crippen LogP contribution in [-0.4, -0.2) is 15.0 Å². The minimum Gasteiger partial charge on any atom is -0.213 e. The maximum Gasteiger partial charge on any atom is 0.164 e. The molecule has 0 saturated carbocycles. The molecule has 2 heterocycles. The molecule has 0 amide bonds. The Morgan fingerprint density at radius 1 is 0.741 bits per heavy atom. The van der Waals surface area contributed by atoms with E-state index >= 15 is 0 Å². The quantitative estimate of drug-likeness (QED) is 0.381. The molecule has 0 spiro atoms. The molecule has 0 saturated heterocycles. The van der Waals surface area contributed by atoms with Crippen LogP contribution >= 0.6 is 11.3 Å². The first-order chi connectivity index (χ1) is 13.2. The summed E-state index contributed by atoms with van der Waals surface area (Å²) in [6.45, 7) is 1.85. The number of aromatic nitrogens is 3. The van der Waals surface area contributed by atoms with Gasteiger partial charge in [-0.1, -0.05) is 30.3 Å². The molecule has 5 aromatic rings. The maximum absolute atomic E-state index is 13.3. The van der Waals surface area contributed by atoms with Crippen LogP contribution in [0.4, 0.5) is 4.39 Å². The Balaban J connectivity index is 1.77. The van der Waals surface area contributed by atoms with Crippen LogP contribution in [0.2, 0.25) is 0 Å². The summed E-state index contributed by atoms with van der Waals surface area (Å²) in [6, 6.07) is 20.8. The second-order valence-electron chi connectivity index (χ2n) is 6.31. The van der Waals surface area contributed by atoms with Gasteiger partial charge in [0.05, 0.1) is 0 Å². The van der Waals surface area contributed by atoms with Crippen LogP contribution < -0.4 is 0 Å². The number of nitrogens with zero attached hydrogens (tertiary/aromatic N) is 3. The Morgan fingerprint density at radius 3 is 2.33 bits per heavy atom. The van der Waals surface area contributed by atoms with Gasteiger partial charge in [0.1, 0.15) is 11.6 Å². The van der Waals surface area contributed by atoms with Gasteiger partial charge in [0.25, 0.3) is 0 Å². The number of rotatable bonds is 2. The molecule has 5 rings (SSSR count). The number of hydrogen-bond donors (Lipinski definition) is 0. The van der Waals surface area contributed by atoms with Gasteiger partial charge in [-0.15, -0.1) is 11.3 Å². The van der Waals surface area contributed by atoms with E-state index in [0.29, 0.717) is 17.5 Å². The lowest BCUT2D eigenvalue weighted by molar-refractivity contribution is 0.628. The summed E-state index contributed by atoms with van der Waals surface area (Å²) in [6.07, 6.45) is 0. The number of benzene rings is 3. The number of halogens is 1.